The van der Waals surface area contributed by atoms with Gasteiger partial charge in [-0.05, 0) is 54.1 Å². The minimum Gasteiger partial charge on any atom is -0.490 e. The fourth-order valence-electron chi connectivity index (χ4n) is 4.33. The Balaban J connectivity index is 1.92. The maximum absolute atomic E-state index is 13.5. The molecule has 2 N–H and O–H groups in total. The molecule has 176 valence electrons. The molecule has 0 amide bonds. The van der Waals surface area contributed by atoms with Gasteiger partial charge in [0.15, 0.2) is 23.9 Å². The van der Waals surface area contributed by atoms with Crippen molar-refractivity contribution in [2.45, 2.75) is 19.8 Å². The number of carboxylic acid groups (broad SMARTS) is 1. The van der Waals surface area contributed by atoms with Crippen molar-refractivity contribution in [3.8, 4) is 11.5 Å². The number of esters is 1. The van der Waals surface area contributed by atoms with E-state index >= 15 is 0 Å². The van der Waals surface area contributed by atoms with Gasteiger partial charge in [-0.2, -0.15) is 0 Å². The zero-order valence-corrected chi connectivity index (χ0v) is 20.9. The maximum atomic E-state index is 13.5. The molecule has 1 heterocycles. The third-order valence-electron chi connectivity index (χ3n) is 5.66. The number of dihydropyridines is 1. The lowest BCUT2D eigenvalue weighted by atomic mass is 9.79. The van der Waals surface area contributed by atoms with Gasteiger partial charge in [0.05, 0.1) is 28.6 Å². The van der Waals surface area contributed by atoms with Crippen molar-refractivity contribution in [3.63, 3.8) is 0 Å². The summed E-state index contributed by atoms with van der Waals surface area (Å²) in [5, 5.41) is 12.3. The van der Waals surface area contributed by atoms with Crippen molar-refractivity contribution < 1.29 is 33.7 Å². The molecule has 0 spiro atoms. The van der Waals surface area contributed by atoms with Gasteiger partial charge in [-0.25, -0.2) is 9.59 Å². The Morgan fingerprint density at radius 1 is 1.15 bits per heavy atom. The number of aliphatic carboxylic acids is 1. The lowest BCUT2D eigenvalue weighted by Crippen LogP contribution is -2.29. The van der Waals surface area contributed by atoms with Crippen molar-refractivity contribution in [1.82, 2.24) is 5.32 Å². The minimum absolute atomic E-state index is 0.170. The summed E-state index contributed by atoms with van der Waals surface area (Å²) in [4.78, 5) is 37.5. The van der Waals surface area contributed by atoms with Crippen LogP contribution in [-0.4, -0.2) is 43.2 Å². The molecule has 9 heteroatoms. The summed E-state index contributed by atoms with van der Waals surface area (Å²) < 4.78 is 16.9. The number of carbonyl (C=O) groups excluding carboxylic acids is 2. The van der Waals surface area contributed by atoms with Crippen molar-refractivity contribution in [3.05, 3.63) is 73.5 Å². The topological polar surface area (TPSA) is 111 Å². The molecule has 0 unspecified atom stereocenters. The molecule has 0 aromatic heterocycles. The second kappa shape index (κ2) is 9.49. The van der Waals surface area contributed by atoms with Crippen LogP contribution in [0.25, 0.3) is 5.70 Å². The first kappa shape index (κ1) is 23.8. The van der Waals surface area contributed by atoms with Crippen LogP contribution in [0.5, 0.6) is 11.5 Å². The highest BCUT2D eigenvalue weighted by Crippen LogP contribution is 2.48. The number of hydrogen-bond donors (Lipinski definition) is 2. The molecule has 1 aliphatic carbocycles. The molecule has 0 saturated carbocycles. The number of halogens is 1. The van der Waals surface area contributed by atoms with Gasteiger partial charge in [-0.1, -0.05) is 24.3 Å². The molecule has 0 saturated heterocycles. The number of Topliss-reactive ketones (excluding diaryl/α,β-unsaturated/α-hetero) is 1. The molecule has 34 heavy (non-hydrogen) atoms. The van der Waals surface area contributed by atoms with E-state index in [1.807, 2.05) is 34.7 Å². The first-order chi connectivity index (χ1) is 16.3. The van der Waals surface area contributed by atoms with Crippen LogP contribution in [-0.2, 0) is 14.3 Å². The second-order valence-electron chi connectivity index (χ2n) is 7.70. The van der Waals surface area contributed by atoms with Crippen molar-refractivity contribution in [2.24, 2.45) is 0 Å². The van der Waals surface area contributed by atoms with Crippen molar-refractivity contribution in [2.75, 3.05) is 20.3 Å². The van der Waals surface area contributed by atoms with E-state index in [4.69, 9.17) is 19.3 Å². The third-order valence-corrected chi connectivity index (χ3v) is 6.46. The van der Waals surface area contributed by atoms with E-state index in [2.05, 4.69) is 5.32 Å². The highest BCUT2D eigenvalue weighted by atomic mass is 127. The zero-order chi connectivity index (χ0) is 24.6. The van der Waals surface area contributed by atoms with Crippen molar-refractivity contribution >= 4 is 46.0 Å². The highest BCUT2D eigenvalue weighted by Gasteiger charge is 2.43. The van der Waals surface area contributed by atoms with Crippen LogP contribution >= 0.6 is 22.6 Å². The number of fused-ring (bicyclic) bond motifs is 2. The summed E-state index contributed by atoms with van der Waals surface area (Å²) in [5.41, 5.74) is 3.98. The van der Waals surface area contributed by atoms with E-state index in [0.29, 0.717) is 49.6 Å². The first-order valence-corrected chi connectivity index (χ1v) is 11.6. The summed E-state index contributed by atoms with van der Waals surface area (Å²) in [6.07, 6.45) is 0. The fraction of sp³-hybridized carbons (Fsp3) is 0.240. The first-order valence-electron chi connectivity index (χ1n) is 10.5. The fourth-order valence-corrected chi connectivity index (χ4v) is 5.12. The number of carbonyl (C=O) groups is 3. The number of methoxy groups -OCH3 is 1. The molecule has 4 rings (SSSR count). The van der Waals surface area contributed by atoms with Crippen LogP contribution in [0.2, 0.25) is 0 Å². The number of benzene rings is 2. The van der Waals surface area contributed by atoms with Crippen LogP contribution in [0.4, 0.5) is 0 Å². The van der Waals surface area contributed by atoms with Gasteiger partial charge in [0.25, 0.3) is 0 Å². The number of rotatable bonds is 7. The average molecular weight is 575 g/mol. The molecule has 8 nitrogen and oxygen atoms in total. The highest BCUT2D eigenvalue weighted by molar-refractivity contribution is 14.1. The number of allylic oxidation sites excluding steroid dienone is 2. The Bertz CT molecular complexity index is 1280. The van der Waals surface area contributed by atoms with E-state index in [9.17, 15) is 14.4 Å². The Kier molecular flexibility index (Phi) is 6.65. The Labute approximate surface area is 209 Å². The van der Waals surface area contributed by atoms with Crippen molar-refractivity contribution in [1.29, 1.82) is 0 Å². The lowest BCUT2D eigenvalue weighted by Gasteiger charge is -2.29. The molecule has 0 bridgehead atoms. The zero-order valence-electron chi connectivity index (χ0n) is 18.7. The van der Waals surface area contributed by atoms with Gasteiger partial charge < -0.3 is 24.6 Å². The molecule has 1 atom stereocenters. The quantitative estimate of drug-likeness (QED) is 0.378. The van der Waals surface area contributed by atoms with E-state index in [-0.39, 0.29) is 11.5 Å². The van der Waals surface area contributed by atoms with E-state index in [1.165, 1.54) is 7.11 Å². The van der Waals surface area contributed by atoms with E-state index < -0.39 is 24.5 Å². The largest absolute Gasteiger partial charge is 0.490 e. The van der Waals surface area contributed by atoms with Gasteiger partial charge in [0.1, 0.15) is 0 Å². The summed E-state index contributed by atoms with van der Waals surface area (Å²) in [5.74, 6) is -1.93. The molecule has 2 aromatic carbocycles. The van der Waals surface area contributed by atoms with Crippen LogP contribution in [0.1, 0.15) is 41.3 Å². The molecule has 2 aliphatic rings. The molecular weight excluding hydrogens is 553 g/mol. The van der Waals surface area contributed by atoms with Gasteiger partial charge in [0.2, 0.25) is 0 Å². The number of nitrogens with one attached hydrogen (secondary N) is 1. The normalized spacial score (nSPS) is 16.6. The summed E-state index contributed by atoms with van der Waals surface area (Å²) in [6.45, 7) is 3.35. The molecule has 1 aliphatic heterocycles. The van der Waals surface area contributed by atoms with E-state index in [0.717, 1.165) is 5.56 Å². The number of hydrogen-bond acceptors (Lipinski definition) is 7. The molecular formula is C25H22INO7. The summed E-state index contributed by atoms with van der Waals surface area (Å²) >= 11 is 2.03. The van der Waals surface area contributed by atoms with Crippen LogP contribution in [0.15, 0.2) is 53.2 Å². The standard InChI is InChI=1S/C25H22INO7/c1-4-33-17-10-13(9-16(26)24(17)34-11-18(28)29)20-19(25(31)32-3)12(2)27-22-14-7-5-6-8-15(14)23(30)21(20)22/h5-10,20,27H,4,11H2,1-3H3,(H,28,29)/t20-/m1/s1. The Morgan fingerprint density at radius 3 is 2.50 bits per heavy atom. The predicted molar refractivity (Wildman–Crippen MR) is 132 cm³/mol. The second-order valence-corrected chi connectivity index (χ2v) is 8.86. The van der Waals surface area contributed by atoms with Crippen LogP contribution < -0.4 is 14.8 Å². The van der Waals surface area contributed by atoms with E-state index in [1.54, 1.807) is 38.1 Å². The van der Waals surface area contributed by atoms with Gasteiger partial charge in [0, 0.05) is 28.3 Å². The third kappa shape index (κ3) is 4.04. The molecule has 0 fully saturated rings. The lowest BCUT2D eigenvalue weighted by molar-refractivity contribution is -0.139. The molecule has 2 aromatic rings. The minimum atomic E-state index is -1.11. The number of ketones is 1. The summed E-state index contributed by atoms with van der Waals surface area (Å²) in [6, 6.07) is 10.8. The predicted octanol–water partition coefficient (Wildman–Crippen LogP) is 3.89. The average Bonchev–Trinajstić information content (AvgIpc) is 3.08. The SMILES string of the molecule is CCOc1cc([C@@H]2C(C(=O)OC)=C(C)NC3=C2C(=O)c2ccccc23)cc(I)c1OCC(=O)O. The van der Waals surface area contributed by atoms with Gasteiger partial charge in [-0.3, -0.25) is 4.79 Å². The molecule has 0 radical (unpaired) electrons. The Morgan fingerprint density at radius 2 is 1.85 bits per heavy atom. The Hall–Kier alpha value is -3.34. The number of ether oxygens (including phenoxy) is 3. The smallest absolute Gasteiger partial charge is 0.341 e. The van der Waals surface area contributed by atoms with Crippen LogP contribution in [0, 0.1) is 3.57 Å². The maximum Gasteiger partial charge on any atom is 0.341 e. The monoisotopic (exact) mass is 575 g/mol. The van der Waals surface area contributed by atoms with Gasteiger partial charge in [-0.15, -0.1) is 0 Å². The number of carboxylic acids is 1. The summed E-state index contributed by atoms with van der Waals surface area (Å²) in [7, 11) is 1.30. The van der Waals surface area contributed by atoms with Gasteiger partial charge >= 0.3 is 11.9 Å². The van der Waals surface area contributed by atoms with Crippen LogP contribution in [0.3, 0.4) is 0 Å².